The van der Waals surface area contributed by atoms with E-state index in [1.807, 2.05) is 0 Å². The first kappa shape index (κ1) is 26.7. The minimum absolute atomic E-state index is 0.108. The molecule has 0 radical (unpaired) electrons. The van der Waals surface area contributed by atoms with Gasteiger partial charge in [0.05, 0.1) is 12.5 Å². The van der Waals surface area contributed by atoms with Gasteiger partial charge >= 0.3 is 5.97 Å². The van der Waals surface area contributed by atoms with Crippen molar-refractivity contribution in [3.63, 3.8) is 0 Å². The van der Waals surface area contributed by atoms with Crippen LogP contribution in [0.3, 0.4) is 0 Å². The number of likely N-dealkylation sites (tertiary alicyclic amines) is 1. The van der Waals surface area contributed by atoms with Crippen LogP contribution in [0, 0.1) is 0 Å². The second kappa shape index (κ2) is 13.1. The normalized spacial score (nSPS) is 18.7. The van der Waals surface area contributed by atoms with Gasteiger partial charge in [0, 0.05) is 12.3 Å². The van der Waals surface area contributed by atoms with E-state index in [0.29, 0.717) is 38.6 Å². The lowest BCUT2D eigenvalue weighted by atomic mass is 10.1. The minimum Gasteiger partial charge on any atom is -0.480 e. The van der Waals surface area contributed by atoms with Gasteiger partial charge in [-0.05, 0) is 32.2 Å². The van der Waals surface area contributed by atoms with E-state index in [2.05, 4.69) is 23.3 Å². The summed E-state index contributed by atoms with van der Waals surface area (Å²) in [5.41, 5.74) is 16.4. The Morgan fingerprint density at radius 2 is 1.74 bits per heavy atom. The summed E-state index contributed by atoms with van der Waals surface area (Å²) in [6.07, 6.45) is 1.99. The van der Waals surface area contributed by atoms with Crippen LogP contribution in [0.15, 0.2) is 0 Å². The molecule has 4 amide bonds. The summed E-state index contributed by atoms with van der Waals surface area (Å²) in [5, 5.41) is 14.1. The van der Waals surface area contributed by atoms with E-state index in [-0.39, 0.29) is 12.3 Å². The van der Waals surface area contributed by atoms with Crippen molar-refractivity contribution in [3.8, 4) is 0 Å². The number of hydrogen-bond donors (Lipinski definition) is 7. The van der Waals surface area contributed by atoms with Gasteiger partial charge in [0.15, 0.2) is 0 Å². The first-order chi connectivity index (χ1) is 14.6. The van der Waals surface area contributed by atoms with Gasteiger partial charge < -0.3 is 37.8 Å². The van der Waals surface area contributed by atoms with Gasteiger partial charge in [0.1, 0.15) is 18.1 Å². The van der Waals surface area contributed by atoms with E-state index in [0.717, 1.165) is 0 Å². The van der Waals surface area contributed by atoms with Crippen molar-refractivity contribution >= 4 is 42.2 Å². The van der Waals surface area contributed by atoms with Gasteiger partial charge in [-0.1, -0.05) is 6.42 Å². The second-order valence-electron chi connectivity index (χ2n) is 7.39. The molecular weight excluding hydrogens is 428 g/mol. The summed E-state index contributed by atoms with van der Waals surface area (Å²) in [6, 6.07) is -4.35. The van der Waals surface area contributed by atoms with E-state index in [4.69, 9.17) is 17.2 Å². The Morgan fingerprint density at radius 1 is 1.10 bits per heavy atom. The molecule has 4 atom stereocenters. The molecule has 0 bridgehead atoms. The maximum absolute atomic E-state index is 12.7. The van der Waals surface area contributed by atoms with Gasteiger partial charge in [-0.2, -0.15) is 12.6 Å². The van der Waals surface area contributed by atoms with Crippen LogP contribution >= 0.6 is 12.6 Å². The topological polar surface area (TPSA) is 211 Å². The molecule has 1 rings (SSSR count). The number of carboxylic acids is 1. The van der Waals surface area contributed by atoms with Crippen LogP contribution in [-0.4, -0.2) is 82.6 Å². The van der Waals surface area contributed by atoms with Gasteiger partial charge in [0.2, 0.25) is 23.6 Å². The number of nitrogens with one attached hydrogen (secondary N) is 2. The number of nitrogens with two attached hydrogens (primary N) is 3. The predicted molar refractivity (Wildman–Crippen MR) is 115 cm³/mol. The van der Waals surface area contributed by atoms with Crippen molar-refractivity contribution in [3.05, 3.63) is 0 Å². The van der Waals surface area contributed by atoms with E-state index in [9.17, 15) is 29.1 Å². The molecule has 0 spiro atoms. The molecule has 0 aliphatic carbocycles. The number of carbonyl (C=O) groups excluding carboxylic acids is 4. The van der Waals surface area contributed by atoms with Gasteiger partial charge in [0.25, 0.3) is 0 Å². The Morgan fingerprint density at radius 3 is 2.29 bits per heavy atom. The summed E-state index contributed by atoms with van der Waals surface area (Å²) < 4.78 is 0. The van der Waals surface area contributed by atoms with Gasteiger partial charge in [-0.15, -0.1) is 0 Å². The number of hydrogen-bond acceptors (Lipinski definition) is 8. The third-order valence-corrected chi connectivity index (χ3v) is 5.33. The lowest BCUT2D eigenvalue weighted by Gasteiger charge is -2.28. The largest absolute Gasteiger partial charge is 0.480 e. The Balaban J connectivity index is 2.81. The maximum Gasteiger partial charge on any atom is 0.326 e. The predicted octanol–water partition coefficient (Wildman–Crippen LogP) is -2.71. The molecule has 9 N–H and O–H groups in total. The highest BCUT2D eigenvalue weighted by molar-refractivity contribution is 7.80. The molecule has 13 heteroatoms. The number of thiol groups is 1. The minimum atomic E-state index is -1.34. The zero-order valence-corrected chi connectivity index (χ0v) is 18.2. The molecule has 12 nitrogen and oxygen atoms in total. The fourth-order valence-electron chi connectivity index (χ4n) is 3.27. The standard InChI is InChI=1S/C18H32N6O6S/c19-6-2-1-4-10(20)15(26)22-11(8-14(21)25)16(27)23-12(9-31)17(28)24-7-3-5-13(24)18(29)30/h10-13,31H,1-9,19-20H2,(H2,21,25)(H,22,26)(H,23,27)(H,29,30). The smallest absolute Gasteiger partial charge is 0.326 e. The van der Waals surface area contributed by atoms with E-state index < -0.39 is 60.2 Å². The Bertz CT molecular complexity index is 678. The third kappa shape index (κ3) is 8.34. The highest BCUT2D eigenvalue weighted by Crippen LogP contribution is 2.19. The monoisotopic (exact) mass is 460 g/mol. The number of carboxylic acid groups (broad SMARTS) is 1. The van der Waals surface area contributed by atoms with Gasteiger partial charge in [-0.25, -0.2) is 4.79 Å². The molecule has 176 valence electrons. The quantitative estimate of drug-likeness (QED) is 0.113. The van der Waals surface area contributed by atoms with Crippen LogP contribution in [-0.2, 0) is 24.0 Å². The fourth-order valence-corrected chi connectivity index (χ4v) is 3.52. The van der Waals surface area contributed by atoms with Crippen molar-refractivity contribution in [2.24, 2.45) is 17.2 Å². The van der Waals surface area contributed by atoms with E-state index in [1.54, 1.807) is 0 Å². The Labute approximate surface area is 186 Å². The lowest BCUT2D eigenvalue weighted by molar-refractivity contribution is -0.149. The van der Waals surface area contributed by atoms with Crippen molar-refractivity contribution in [1.82, 2.24) is 15.5 Å². The third-order valence-electron chi connectivity index (χ3n) is 4.96. The van der Waals surface area contributed by atoms with Crippen LogP contribution in [0.1, 0.15) is 38.5 Å². The molecule has 0 saturated carbocycles. The zero-order chi connectivity index (χ0) is 23.6. The average molecular weight is 461 g/mol. The summed E-state index contributed by atoms with van der Waals surface area (Å²) in [6.45, 7) is 0.703. The number of primary amides is 1. The van der Waals surface area contributed by atoms with Crippen molar-refractivity contribution in [2.45, 2.75) is 62.7 Å². The van der Waals surface area contributed by atoms with Crippen molar-refractivity contribution in [2.75, 3.05) is 18.8 Å². The van der Waals surface area contributed by atoms with E-state index >= 15 is 0 Å². The van der Waals surface area contributed by atoms with Crippen LogP contribution in [0.5, 0.6) is 0 Å². The molecule has 0 aromatic rings. The first-order valence-electron chi connectivity index (χ1n) is 10.1. The number of carbonyl (C=O) groups is 5. The molecule has 4 unspecified atom stereocenters. The molecule has 0 aromatic carbocycles. The highest BCUT2D eigenvalue weighted by atomic mass is 32.1. The molecule has 1 fully saturated rings. The second-order valence-corrected chi connectivity index (χ2v) is 7.76. The molecule has 1 aliphatic heterocycles. The van der Waals surface area contributed by atoms with Crippen LogP contribution in [0.4, 0.5) is 0 Å². The lowest BCUT2D eigenvalue weighted by Crippen LogP contribution is -2.58. The molecule has 0 aromatic heterocycles. The van der Waals surface area contributed by atoms with Crippen molar-refractivity contribution in [1.29, 1.82) is 0 Å². The van der Waals surface area contributed by atoms with Crippen LogP contribution < -0.4 is 27.8 Å². The molecule has 1 heterocycles. The van der Waals surface area contributed by atoms with Crippen LogP contribution in [0.25, 0.3) is 0 Å². The number of unbranched alkanes of at least 4 members (excludes halogenated alkanes) is 1. The number of rotatable bonds is 13. The van der Waals surface area contributed by atoms with Gasteiger partial charge in [-0.3, -0.25) is 19.2 Å². The fraction of sp³-hybridized carbons (Fsp3) is 0.722. The molecule has 1 saturated heterocycles. The average Bonchev–Trinajstić information content (AvgIpc) is 3.20. The number of amides is 4. The maximum atomic E-state index is 12.7. The summed E-state index contributed by atoms with van der Waals surface area (Å²) >= 11 is 4.07. The SMILES string of the molecule is NCCCCC(N)C(=O)NC(CC(N)=O)C(=O)NC(CS)C(=O)N1CCCC1C(=O)O. The zero-order valence-electron chi connectivity index (χ0n) is 17.3. The Kier molecular flexibility index (Phi) is 11.3. The Hall–Kier alpha value is -2.38. The number of nitrogens with zero attached hydrogens (tertiary/aromatic N) is 1. The van der Waals surface area contributed by atoms with Crippen molar-refractivity contribution < 1.29 is 29.1 Å². The first-order valence-corrected chi connectivity index (χ1v) is 10.7. The number of aliphatic carboxylic acids is 1. The summed E-state index contributed by atoms with van der Waals surface area (Å²) in [7, 11) is 0. The highest BCUT2D eigenvalue weighted by Gasteiger charge is 2.38. The summed E-state index contributed by atoms with van der Waals surface area (Å²) in [5.74, 6) is -4.13. The summed E-state index contributed by atoms with van der Waals surface area (Å²) in [4.78, 5) is 61.6. The molecular formula is C18H32N6O6S. The van der Waals surface area contributed by atoms with Crippen LogP contribution in [0.2, 0.25) is 0 Å². The molecule has 31 heavy (non-hydrogen) atoms. The van der Waals surface area contributed by atoms with E-state index in [1.165, 1.54) is 4.90 Å². The molecule has 1 aliphatic rings.